The van der Waals surface area contributed by atoms with Crippen LogP contribution in [0.5, 0.6) is 5.75 Å². The summed E-state index contributed by atoms with van der Waals surface area (Å²) in [5.74, 6) is 0.678. The Kier molecular flexibility index (Phi) is 7.75. The van der Waals surface area contributed by atoms with E-state index in [0.717, 1.165) is 0 Å². The van der Waals surface area contributed by atoms with E-state index in [1.165, 1.54) is 0 Å². The highest BCUT2D eigenvalue weighted by atomic mass is 35.5. The average Bonchev–Trinajstić information content (AvgIpc) is 2.35. The summed E-state index contributed by atoms with van der Waals surface area (Å²) in [7, 11) is 0. The van der Waals surface area contributed by atoms with Crippen molar-refractivity contribution in [2.75, 3.05) is 39.6 Å². The number of nitrogens with two attached hydrogens (primary N) is 1. The normalized spacial score (nSPS) is 10.5. The topological polar surface area (TPSA) is 53.7 Å². The van der Waals surface area contributed by atoms with E-state index in [2.05, 4.69) is 0 Å². The monoisotopic (exact) mass is 259 g/mol. The van der Waals surface area contributed by atoms with Crippen LogP contribution in [0.15, 0.2) is 24.3 Å². The molecule has 0 saturated carbocycles. The van der Waals surface area contributed by atoms with Crippen molar-refractivity contribution in [1.82, 2.24) is 0 Å². The van der Waals surface area contributed by atoms with Gasteiger partial charge in [-0.05, 0) is 12.1 Å². The smallest absolute Gasteiger partial charge is 0.138 e. The number of halogens is 1. The number of ether oxygens (including phenoxy) is 3. The van der Waals surface area contributed by atoms with Crippen LogP contribution >= 0.6 is 11.6 Å². The molecule has 0 radical (unpaired) electrons. The van der Waals surface area contributed by atoms with Gasteiger partial charge in [0, 0.05) is 6.54 Å². The number of rotatable bonds is 9. The minimum atomic E-state index is 0.473. The molecule has 5 heteroatoms. The predicted molar refractivity (Wildman–Crippen MR) is 67.6 cm³/mol. The molecule has 0 spiro atoms. The molecule has 1 aromatic rings. The van der Waals surface area contributed by atoms with Crippen LogP contribution in [0.3, 0.4) is 0 Å². The second-order valence-corrected chi connectivity index (χ2v) is 3.70. The molecule has 0 amide bonds. The van der Waals surface area contributed by atoms with Gasteiger partial charge in [0.15, 0.2) is 0 Å². The van der Waals surface area contributed by atoms with Crippen molar-refractivity contribution in [3.63, 3.8) is 0 Å². The van der Waals surface area contributed by atoms with Gasteiger partial charge in [-0.15, -0.1) is 0 Å². The number of benzene rings is 1. The van der Waals surface area contributed by atoms with Crippen molar-refractivity contribution in [3.05, 3.63) is 29.3 Å². The van der Waals surface area contributed by atoms with Crippen molar-refractivity contribution >= 4 is 11.6 Å². The predicted octanol–water partition coefficient (Wildman–Crippen LogP) is 1.71. The summed E-state index contributed by atoms with van der Waals surface area (Å²) in [5, 5.41) is 0.610. The fourth-order valence-electron chi connectivity index (χ4n) is 1.18. The second kappa shape index (κ2) is 9.24. The molecule has 0 atom stereocenters. The van der Waals surface area contributed by atoms with Crippen LogP contribution < -0.4 is 10.5 Å². The maximum Gasteiger partial charge on any atom is 0.138 e. The molecular weight excluding hydrogens is 242 g/mol. The minimum absolute atomic E-state index is 0.473. The van der Waals surface area contributed by atoms with Crippen molar-refractivity contribution in [2.24, 2.45) is 5.73 Å². The maximum atomic E-state index is 5.92. The number of hydrogen-bond acceptors (Lipinski definition) is 4. The lowest BCUT2D eigenvalue weighted by molar-refractivity contribution is 0.0388. The highest BCUT2D eigenvalue weighted by Crippen LogP contribution is 2.22. The molecule has 2 N–H and O–H groups in total. The summed E-state index contributed by atoms with van der Waals surface area (Å²) < 4.78 is 15.9. The van der Waals surface area contributed by atoms with Gasteiger partial charge < -0.3 is 19.9 Å². The highest BCUT2D eigenvalue weighted by Gasteiger charge is 1.98. The lowest BCUT2D eigenvalue weighted by atomic mass is 10.3. The molecule has 0 fully saturated rings. The number of para-hydroxylation sites is 1. The van der Waals surface area contributed by atoms with Crippen LogP contribution in [0, 0.1) is 0 Å². The SMILES string of the molecule is NCCOCCOCCOc1ccccc1Cl. The summed E-state index contributed by atoms with van der Waals surface area (Å²) >= 11 is 5.92. The Hall–Kier alpha value is -0.810. The van der Waals surface area contributed by atoms with Crippen molar-refractivity contribution in [3.8, 4) is 5.75 Å². The van der Waals surface area contributed by atoms with Gasteiger partial charge in [-0.2, -0.15) is 0 Å². The van der Waals surface area contributed by atoms with Gasteiger partial charge in [0.1, 0.15) is 12.4 Å². The zero-order valence-corrected chi connectivity index (χ0v) is 10.5. The van der Waals surface area contributed by atoms with Crippen LogP contribution in [0.25, 0.3) is 0 Å². The van der Waals surface area contributed by atoms with E-state index in [9.17, 15) is 0 Å². The molecule has 17 heavy (non-hydrogen) atoms. The molecule has 0 heterocycles. The first kappa shape index (κ1) is 14.3. The minimum Gasteiger partial charge on any atom is -0.490 e. The first-order valence-corrected chi connectivity index (χ1v) is 5.95. The third kappa shape index (κ3) is 6.48. The fraction of sp³-hybridized carbons (Fsp3) is 0.500. The van der Waals surface area contributed by atoms with Crippen molar-refractivity contribution in [1.29, 1.82) is 0 Å². The molecule has 96 valence electrons. The zero-order chi connectivity index (χ0) is 12.3. The molecule has 0 saturated heterocycles. The van der Waals surface area contributed by atoms with Crippen LogP contribution in [0.4, 0.5) is 0 Å². The largest absolute Gasteiger partial charge is 0.490 e. The lowest BCUT2D eigenvalue weighted by Crippen LogP contribution is -2.14. The average molecular weight is 260 g/mol. The van der Waals surface area contributed by atoms with E-state index >= 15 is 0 Å². The molecule has 0 unspecified atom stereocenters. The van der Waals surface area contributed by atoms with Gasteiger partial charge >= 0.3 is 0 Å². The summed E-state index contributed by atoms with van der Waals surface area (Å²) in [4.78, 5) is 0. The van der Waals surface area contributed by atoms with Gasteiger partial charge in [0.2, 0.25) is 0 Å². The summed E-state index contributed by atoms with van der Waals surface area (Å²) in [6, 6.07) is 7.36. The number of hydrogen-bond donors (Lipinski definition) is 1. The van der Waals surface area contributed by atoms with Gasteiger partial charge in [0.25, 0.3) is 0 Å². The standard InChI is InChI=1S/C12H18ClNO3/c13-11-3-1-2-4-12(11)17-10-9-16-8-7-15-6-5-14/h1-4H,5-10,14H2. The molecule has 1 rings (SSSR count). The van der Waals surface area contributed by atoms with Gasteiger partial charge in [-0.25, -0.2) is 0 Å². The van der Waals surface area contributed by atoms with E-state index in [1.54, 1.807) is 6.07 Å². The fourth-order valence-corrected chi connectivity index (χ4v) is 1.37. The molecule has 1 aromatic carbocycles. The quantitative estimate of drug-likeness (QED) is 0.686. The molecule has 0 bridgehead atoms. The molecular formula is C12H18ClNO3. The summed E-state index contributed by atoms with van der Waals surface area (Å²) in [6.07, 6.45) is 0. The van der Waals surface area contributed by atoms with Gasteiger partial charge in [-0.1, -0.05) is 23.7 Å². The van der Waals surface area contributed by atoms with Gasteiger partial charge in [0.05, 0.1) is 31.5 Å². The molecule has 0 aliphatic carbocycles. The Bertz CT molecular complexity index is 310. The molecule has 4 nitrogen and oxygen atoms in total. The third-order valence-electron chi connectivity index (χ3n) is 1.96. The molecule has 0 aliphatic rings. The van der Waals surface area contributed by atoms with E-state index in [-0.39, 0.29) is 0 Å². The first-order chi connectivity index (χ1) is 8.34. The van der Waals surface area contributed by atoms with E-state index in [4.69, 9.17) is 31.5 Å². The Morgan fingerprint density at radius 1 is 0.941 bits per heavy atom. The third-order valence-corrected chi connectivity index (χ3v) is 2.27. The van der Waals surface area contributed by atoms with Gasteiger partial charge in [-0.3, -0.25) is 0 Å². The summed E-state index contributed by atoms with van der Waals surface area (Å²) in [6.45, 7) is 3.20. The Morgan fingerprint density at radius 2 is 1.59 bits per heavy atom. The molecule has 0 aliphatic heterocycles. The van der Waals surface area contributed by atoms with Crippen molar-refractivity contribution < 1.29 is 14.2 Å². The first-order valence-electron chi connectivity index (χ1n) is 5.57. The van der Waals surface area contributed by atoms with Crippen LogP contribution in [-0.4, -0.2) is 39.6 Å². The maximum absolute atomic E-state index is 5.92. The molecule has 0 aromatic heterocycles. The van der Waals surface area contributed by atoms with E-state index < -0.39 is 0 Å². The van der Waals surface area contributed by atoms with E-state index in [0.29, 0.717) is 50.4 Å². The lowest BCUT2D eigenvalue weighted by Gasteiger charge is -2.08. The second-order valence-electron chi connectivity index (χ2n) is 3.29. The van der Waals surface area contributed by atoms with Crippen LogP contribution in [-0.2, 0) is 9.47 Å². The highest BCUT2D eigenvalue weighted by molar-refractivity contribution is 6.32. The van der Waals surface area contributed by atoms with E-state index in [1.807, 2.05) is 18.2 Å². The van der Waals surface area contributed by atoms with Crippen LogP contribution in [0.2, 0.25) is 5.02 Å². The van der Waals surface area contributed by atoms with Crippen LogP contribution in [0.1, 0.15) is 0 Å². The zero-order valence-electron chi connectivity index (χ0n) is 9.73. The Balaban J connectivity index is 1.99. The Labute approximate surface area is 107 Å². The van der Waals surface area contributed by atoms with Crippen molar-refractivity contribution in [2.45, 2.75) is 0 Å². The summed E-state index contributed by atoms with van der Waals surface area (Å²) in [5.41, 5.74) is 5.27. The Morgan fingerprint density at radius 3 is 2.29 bits per heavy atom.